The molecule has 2 aliphatic heterocycles. The van der Waals surface area contributed by atoms with Gasteiger partial charge >= 0.3 is 0 Å². The number of alkyl halides is 1. The third-order valence-corrected chi connectivity index (χ3v) is 5.81. The second-order valence-corrected chi connectivity index (χ2v) is 7.56. The molecule has 1 atom stereocenters. The summed E-state index contributed by atoms with van der Waals surface area (Å²) in [6.07, 6.45) is 3.35. The molecule has 0 saturated carbocycles. The van der Waals surface area contributed by atoms with Crippen molar-refractivity contribution in [2.24, 2.45) is 5.92 Å². The van der Waals surface area contributed by atoms with Gasteiger partial charge in [0.25, 0.3) is 0 Å². The summed E-state index contributed by atoms with van der Waals surface area (Å²) in [4.78, 5) is 2.45. The molecular weight excluding hydrogens is 349 g/mol. The molecular formula is C21H32FNO4. The van der Waals surface area contributed by atoms with Crippen molar-refractivity contribution in [1.29, 1.82) is 0 Å². The van der Waals surface area contributed by atoms with E-state index in [0.717, 1.165) is 50.4 Å². The van der Waals surface area contributed by atoms with Gasteiger partial charge in [0, 0.05) is 25.6 Å². The van der Waals surface area contributed by atoms with Gasteiger partial charge < -0.3 is 18.9 Å². The molecule has 0 N–H and O–H groups in total. The largest absolute Gasteiger partial charge is 0.493 e. The van der Waals surface area contributed by atoms with Crippen molar-refractivity contribution in [3.8, 4) is 11.5 Å². The zero-order chi connectivity index (χ0) is 19.3. The van der Waals surface area contributed by atoms with E-state index in [9.17, 15) is 4.39 Å². The maximum atomic E-state index is 12.6. The molecule has 0 spiro atoms. The molecule has 0 aliphatic carbocycles. The first-order chi connectivity index (χ1) is 13.1. The van der Waals surface area contributed by atoms with Crippen LogP contribution in [0, 0.1) is 5.92 Å². The number of rotatable bonds is 9. The normalized spacial score (nSPS) is 20.3. The first-order valence-corrected chi connectivity index (χ1v) is 9.89. The highest BCUT2D eigenvalue weighted by Gasteiger charge is 2.40. The van der Waals surface area contributed by atoms with E-state index in [0.29, 0.717) is 19.6 Å². The number of hydrogen-bond donors (Lipinski definition) is 0. The average Bonchev–Trinajstić information content (AvgIpc) is 3.13. The SMILES string of the molecule is COc1cc2c(cc1OC)CN(CC(CCCCF)C1(C)OCCO1)CC2. The van der Waals surface area contributed by atoms with Crippen LogP contribution in [0.3, 0.4) is 0 Å². The monoisotopic (exact) mass is 381 g/mol. The molecule has 1 fully saturated rings. The molecule has 152 valence electrons. The lowest BCUT2D eigenvalue weighted by molar-refractivity contribution is -0.187. The molecule has 5 nitrogen and oxygen atoms in total. The molecule has 1 saturated heterocycles. The quantitative estimate of drug-likeness (QED) is 0.612. The molecule has 1 aromatic rings. The van der Waals surface area contributed by atoms with E-state index in [1.54, 1.807) is 14.2 Å². The van der Waals surface area contributed by atoms with Crippen LogP contribution in [0.4, 0.5) is 4.39 Å². The van der Waals surface area contributed by atoms with Crippen LogP contribution in [0.5, 0.6) is 11.5 Å². The third kappa shape index (κ3) is 4.73. The van der Waals surface area contributed by atoms with Gasteiger partial charge in [-0.2, -0.15) is 0 Å². The van der Waals surface area contributed by atoms with Crippen LogP contribution in [-0.2, 0) is 22.4 Å². The predicted molar refractivity (Wildman–Crippen MR) is 102 cm³/mol. The number of nitrogens with zero attached hydrogens (tertiary/aromatic N) is 1. The van der Waals surface area contributed by atoms with Gasteiger partial charge in [0.05, 0.1) is 34.1 Å². The van der Waals surface area contributed by atoms with Crippen molar-refractivity contribution < 1.29 is 23.3 Å². The fourth-order valence-corrected chi connectivity index (χ4v) is 4.18. The Morgan fingerprint density at radius 2 is 1.78 bits per heavy atom. The molecule has 27 heavy (non-hydrogen) atoms. The van der Waals surface area contributed by atoms with Crippen LogP contribution in [-0.4, -0.2) is 57.9 Å². The Labute approximate surface area is 161 Å². The molecule has 3 rings (SSSR count). The van der Waals surface area contributed by atoms with E-state index in [1.807, 2.05) is 6.92 Å². The minimum atomic E-state index is -0.561. The molecule has 2 aliphatic rings. The maximum absolute atomic E-state index is 12.6. The molecule has 0 amide bonds. The van der Waals surface area contributed by atoms with Gasteiger partial charge in [-0.15, -0.1) is 0 Å². The second-order valence-electron chi connectivity index (χ2n) is 7.56. The smallest absolute Gasteiger partial charge is 0.169 e. The molecule has 0 radical (unpaired) electrons. The lowest BCUT2D eigenvalue weighted by atomic mass is 9.91. The summed E-state index contributed by atoms with van der Waals surface area (Å²) in [5.74, 6) is 1.23. The summed E-state index contributed by atoms with van der Waals surface area (Å²) in [7, 11) is 3.34. The Morgan fingerprint density at radius 3 is 2.41 bits per heavy atom. The van der Waals surface area contributed by atoms with Crippen molar-refractivity contribution in [2.45, 2.75) is 44.9 Å². The summed E-state index contributed by atoms with van der Waals surface area (Å²) in [6.45, 7) is 5.78. The van der Waals surface area contributed by atoms with E-state index in [-0.39, 0.29) is 12.6 Å². The van der Waals surface area contributed by atoms with Gasteiger partial charge in [-0.05, 0) is 49.4 Å². The van der Waals surface area contributed by atoms with E-state index < -0.39 is 5.79 Å². The van der Waals surface area contributed by atoms with Gasteiger partial charge in [-0.3, -0.25) is 9.29 Å². The van der Waals surface area contributed by atoms with Crippen molar-refractivity contribution >= 4 is 0 Å². The number of ether oxygens (including phenoxy) is 4. The summed E-state index contributed by atoms with van der Waals surface area (Å²) < 4.78 is 35.3. The summed E-state index contributed by atoms with van der Waals surface area (Å²) >= 11 is 0. The van der Waals surface area contributed by atoms with Crippen molar-refractivity contribution in [1.82, 2.24) is 4.90 Å². The highest BCUT2D eigenvalue weighted by molar-refractivity contribution is 5.48. The fourth-order valence-electron chi connectivity index (χ4n) is 4.18. The number of benzene rings is 1. The highest BCUT2D eigenvalue weighted by Crippen LogP contribution is 2.36. The Balaban J connectivity index is 1.70. The van der Waals surface area contributed by atoms with Gasteiger partial charge in [-0.25, -0.2) is 0 Å². The number of halogens is 1. The van der Waals surface area contributed by atoms with E-state index in [1.165, 1.54) is 11.1 Å². The number of unbranched alkanes of at least 4 members (excludes halogenated alkanes) is 1. The molecule has 1 unspecified atom stereocenters. The Bertz CT molecular complexity index is 618. The zero-order valence-corrected chi connectivity index (χ0v) is 16.8. The molecule has 0 aromatic heterocycles. The minimum Gasteiger partial charge on any atom is -0.493 e. The minimum absolute atomic E-state index is 0.230. The van der Waals surface area contributed by atoms with Crippen molar-refractivity contribution in [3.05, 3.63) is 23.3 Å². The zero-order valence-electron chi connectivity index (χ0n) is 16.8. The molecule has 0 bridgehead atoms. The van der Waals surface area contributed by atoms with Crippen molar-refractivity contribution in [2.75, 3.05) is 47.2 Å². The Morgan fingerprint density at radius 1 is 1.11 bits per heavy atom. The van der Waals surface area contributed by atoms with Gasteiger partial charge in [0.1, 0.15) is 0 Å². The number of hydrogen-bond acceptors (Lipinski definition) is 5. The van der Waals surface area contributed by atoms with Crippen LogP contribution >= 0.6 is 0 Å². The molecule has 6 heteroatoms. The Hall–Kier alpha value is -1.37. The van der Waals surface area contributed by atoms with Gasteiger partial charge in [0.15, 0.2) is 17.3 Å². The van der Waals surface area contributed by atoms with Crippen LogP contribution in [0.15, 0.2) is 12.1 Å². The van der Waals surface area contributed by atoms with Gasteiger partial charge in [0.2, 0.25) is 0 Å². The number of methoxy groups -OCH3 is 2. The van der Waals surface area contributed by atoms with Crippen LogP contribution in [0.2, 0.25) is 0 Å². The van der Waals surface area contributed by atoms with E-state index in [2.05, 4.69) is 17.0 Å². The Kier molecular flexibility index (Phi) is 6.95. The molecule has 2 heterocycles. The first kappa shape index (κ1) is 20.4. The third-order valence-electron chi connectivity index (χ3n) is 5.81. The topological polar surface area (TPSA) is 40.2 Å². The van der Waals surface area contributed by atoms with E-state index >= 15 is 0 Å². The first-order valence-electron chi connectivity index (χ1n) is 9.89. The molecule has 1 aromatic carbocycles. The van der Waals surface area contributed by atoms with Gasteiger partial charge in [-0.1, -0.05) is 6.42 Å². The lowest BCUT2D eigenvalue weighted by Gasteiger charge is -2.38. The maximum Gasteiger partial charge on any atom is 0.169 e. The summed E-state index contributed by atoms with van der Waals surface area (Å²) in [5, 5.41) is 0. The van der Waals surface area contributed by atoms with Crippen molar-refractivity contribution in [3.63, 3.8) is 0 Å². The lowest BCUT2D eigenvalue weighted by Crippen LogP contribution is -2.44. The van der Waals surface area contributed by atoms with Crippen LogP contribution < -0.4 is 9.47 Å². The summed E-state index contributed by atoms with van der Waals surface area (Å²) in [6, 6.07) is 4.18. The summed E-state index contributed by atoms with van der Waals surface area (Å²) in [5.41, 5.74) is 2.59. The number of fused-ring (bicyclic) bond motifs is 1. The van der Waals surface area contributed by atoms with Crippen LogP contribution in [0.1, 0.15) is 37.3 Å². The van der Waals surface area contributed by atoms with E-state index in [4.69, 9.17) is 18.9 Å². The fraction of sp³-hybridized carbons (Fsp3) is 0.714. The van der Waals surface area contributed by atoms with Crippen LogP contribution in [0.25, 0.3) is 0 Å². The highest BCUT2D eigenvalue weighted by atomic mass is 19.1. The second kappa shape index (κ2) is 9.22. The standard InChI is InChI=1S/C21H32FNO4/c1-21(26-10-11-27-21)18(6-4-5-8-22)15-23-9-7-16-12-19(24-2)20(25-3)13-17(16)14-23/h12-13,18H,4-11,14-15H2,1-3H3. The predicted octanol–water partition coefficient (Wildman–Crippen LogP) is 3.58. The average molecular weight is 381 g/mol.